The first kappa shape index (κ1) is 18.1. The van der Waals surface area contributed by atoms with Crippen LogP contribution in [0.4, 0.5) is 0 Å². The molecule has 1 aromatic rings. The summed E-state index contributed by atoms with van der Waals surface area (Å²) in [6.45, 7) is 4.08. The minimum absolute atomic E-state index is 0.0335. The van der Waals surface area contributed by atoms with Crippen LogP contribution in [0.5, 0.6) is 11.5 Å². The van der Waals surface area contributed by atoms with Gasteiger partial charge in [-0.2, -0.15) is 0 Å². The summed E-state index contributed by atoms with van der Waals surface area (Å²) in [5, 5.41) is 0. The monoisotopic (exact) mass is 335 g/mol. The fourth-order valence-corrected chi connectivity index (χ4v) is 3.16. The molecule has 0 spiro atoms. The molecule has 0 bridgehead atoms. The third-order valence-electron chi connectivity index (χ3n) is 4.42. The van der Waals surface area contributed by atoms with Gasteiger partial charge >= 0.3 is 5.97 Å². The Morgan fingerprint density at radius 2 is 1.79 bits per heavy atom. The zero-order chi connectivity index (χ0) is 17.7. The van der Waals surface area contributed by atoms with Crippen molar-refractivity contribution in [2.24, 2.45) is 0 Å². The number of ether oxygens (including phenoxy) is 3. The summed E-state index contributed by atoms with van der Waals surface area (Å²) in [5.74, 6) is 0.335. The zero-order valence-electron chi connectivity index (χ0n) is 14.7. The molecule has 1 heterocycles. The summed E-state index contributed by atoms with van der Waals surface area (Å²) in [4.78, 5) is 26.0. The number of rotatable bonds is 5. The Morgan fingerprint density at radius 3 is 2.38 bits per heavy atom. The number of carbonyl (C=O) groups is 2. The van der Waals surface area contributed by atoms with Gasteiger partial charge in [-0.15, -0.1) is 0 Å². The predicted molar refractivity (Wildman–Crippen MR) is 89.4 cm³/mol. The summed E-state index contributed by atoms with van der Waals surface area (Å²) < 4.78 is 15.6. The van der Waals surface area contributed by atoms with Crippen LogP contribution in [-0.4, -0.2) is 49.7 Å². The Balaban J connectivity index is 2.05. The number of methoxy groups -OCH3 is 2. The predicted octanol–water partition coefficient (Wildman–Crippen LogP) is 2.65. The maximum Gasteiger partial charge on any atom is 0.337 e. The van der Waals surface area contributed by atoms with E-state index >= 15 is 0 Å². The number of hydrogen-bond donors (Lipinski definition) is 0. The van der Waals surface area contributed by atoms with Crippen LogP contribution in [0.15, 0.2) is 18.2 Å². The van der Waals surface area contributed by atoms with Crippen molar-refractivity contribution in [3.8, 4) is 11.5 Å². The fourth-order valence-electron chi connectivity index (χ4n) is 3.16. The number of carbonyl (C=O) groups excluding carboxylic acids is 2. The first-order chi connectivity index (χ1) is 11.5. The maximum absolute atomic E-state index is 12.5. The molecule has 1 aliphatic heterocycles. The summed E-state index contributed by atoms with van der Waals surface area (Å²) >= 11 is 0. The van der Waals surface area contributed by atoms with Crippen molar-refractivity contribution >= 4 is 11.9 Å². The van der Waals surface area contributed by atoms with Crippen LogP contribution in [0.25, 0.3) is 0 Å². The minimum atomic E-state index is -0.452. The average molecular weight is 335 g/mol. The Kier molecular flexibility index (Phi) is 6.06. The number of amides is 1. The number of nitrogens with zero attached hydrogens (tertiary/aromatic N) is 1. The molecule has 0 N–H and O–H groups in total. The molecule has 1 aromatic carbocycles. The molecule has 1 aliphatic rings. The Hall–Kier alpha value is -2.24. The normalized spacial score (nSPS) is 20.4. The number of esters is 1. The number of benzene rings is 1. The van der Waals surface area contributed by atoms with Gasteiger partial charge in [-0.1, -0.05) is 0 Å². The van der Waals surface area contributed by atoms with Crippen molar-refractivity contribution in [2.75, 3.05) is 20.8 Å². The molecule has 2 rings (SSSR count). The SMILES string of the molecule is COC(=O)c1ccc(OCC(=O)N2[C@H](C)CCC[C@H]2C)c(OC)c1. The Morgan fingerprint density at radius 1 is 1.12 bits per heavy atom. The van der Waals surface area contributed by atoms with Crippen LogP contribution in [0.1, 0.15) is 43.5 Å². The summed E-state index contributed by atoms with van der Waals surface area (Å²) in [6.07, 6.45) is 3.19. The first-order valence-corrected chi connectivity index (χ1v) is 8.18. The van der Waals surface area contributed by atoms with Crippen LogP contribution in [-0.2, 0) is 9.53 Å². The quantitative estimate of drug-likeness (QED) is 0.774. The fraction of sp³-hybridized carbons (Fsp3) is 0.556. The van der Waals surface area contributed by atoms with Crippen LogP contribution in [0, 0.1) is 0 Å². The molecule has 0 radical (unpaired) electrons. The molecule has 1 saturated heterocycles. The molecule has 2 atom stereocenters. The third-order valence-corrected chi connectivity index (χ3v) is 4.42. The Labute approximate surface area is 142 Å². The standard InChI is InChI=1S/C18H25NO5/c1-12-6-5-7-13(2)19(12)17(20)11-24-15-9-8-14(18(21)23-4)10-16(15)22-3/h8-10,12-13H,5-7,11H2,1-4H3/t12-,13-/m1/s1. The highest BCUT2D eigenvalue weighted by Crippen LogP contribution is 2.29. The van der Waals surface area contributed by atoms with E-state index in [2.05, 4.69) is 18.6 Å². The van der Waals surface area contributed by atoms with Gasteiger partial charge in [-0.3, -0.25) is 4.79 Å². The highest BCUT2D eigenvalue weighted by atomic mass is 16.5. The molecular formula is C18H25NO5. The second-order valence-electron chi connectivity index (χ2n) is 6.08. The molecule has 1 amide bonds. The van der Waals surface area contributed by atoms with Gasteiger partial charge in [0.05, 0.1) is 19.8 Å². The largest absolute Gasteiger partial charge is 0.493 e. The molecule has 1 fully saturated rings. The van der Waals surface area contributed by atoms with E-state index in [9.17, 15) is 9.59 Å². The lowest BCUT2D eigenvalue weighted by molar-refractivity contribution is -0.139. The van der Waals surface area contributed by atoms with Gasteiger partial charge in [0.25, 0.3) is 5.91 Å². The number of likely N-dealkylation sites (tertiary alicyclic amines) is 1. The van der Waals surface area contributed by atoms with E-state index in [1.165, 1.54) is 20.3 Å². The Bertz CT molecular complexity index is 591. The van der Waals surface area contributed by atoms with Gasteiger partial charge in [0.15, 0.2) is 18.1 Å². The third kappa shape index (κ3) is 3.99. The van der Waals surface area contributed by atoms with Crippen LogP contribution >= 0.6 is 0 Å². The number of piperidine rings is 1. The van der Waals surface area contributed by atoms with Crippen molar-refractivity contribution in [3.05, 3.63) is 23.8 Å². The molecule has 24 heavy (non-hydrogen) atoms. The van der Waals surface area contributed by atoms with Crippen LogP contribution in [0.3, 0.4) is 0 Å². The summed E-state index contributed by atoms with van der Waals surface area (Å²) in [5.41, 5.74) is 0.367. The van der Waals surface area contributed by atoms with E-state index in [4.69, 9.17) is 9.47 Å². The first-order valence-electron chi connectivity index (χ1n) is 8.18. The lowest BCUT2D eigenvalue weighted by atomic mass is 9.97. The van der Waals surface area contributed by atoms with Gasteiger partial charge < -0.3 is 19.1 Å². The lowest BCUT2D eigenvalue weighted by Crippen LogP contribution is -2.49. The average Bonchev–Trinajstić information content (AvgIpc) is 2.58. The highest BCUT2D eigenvalue weighted by molar-refractivity contribution is 5.90. The molecule has 0 aromatic heterocycles. The lowest BCUT2D eigenvalue weighted by Gasteiger charge is -2.39. The van der Waals surface area contributed by atoms with Crippen molar-refractivity contribution in [1.82, 2.24) is 4.90 Å². The second kappa shape index (κ2) is 8.04. The van der Waals surface area contributed by atoms with Gasteiger partial charge in [0.1, 0.15) is 0 Å². The highest BCUT2D eigenvalue weighted by Gasteiger charge is 2.29. The number of hydrogen-bond acceptors (Lipinski definition) is 5. The second-order valence-corrected chi connectivity index (χ2v) is 6.08. The van der Waals surface area contributed by atoms with Gasteiger partial charge in [-0.25, -0.2) is 4.79 Å². The summed E-state index contributed by atoms with van der Waals surface area (Å²) in [7, 11) is 2.80. The maximum atomic E-state index is 12.5. The summed E-state index contributed by atoms with van der Waals surface area (Å²) in [6, 6.07) is 5.20. The van der Waals surface area contributed by atoms with Gasteiger partial charge in [0, 0.05) is 12.1 Å². The smallest absolute Gasteiger partial charge is 0.337 e. The van der Waals surface area contributed by atoms with E-state index in [-0.39, 0.29) is 24.6 Å². The molecule has 6 nitrogen and oxygen atoms in total. The van der Waals surface area contributed by atoms with Crippen molar-refractivity contribution in [1.29, 1.82) is 0 Å². The van der Waals surface area contributed by atoms with Crippen molar-refractivity contribution in [2.45, 2.75) is 45.2 Å². The molecule has 6 heteroatoms. The zero-order valence-corrected chi connectivity index (χ0v) is 14.7. The van der Waals surface area contributed by atoms with E-state index < -0.39 is 5.97 Å². The van der Waals surface area contributed by atoms with E-state index in [0.717, 1.165) is 19.3 Å². The minimum Gasteiger partial charge on any atom is -0.493 e. The van der Waals surface area contributed by atoms with E-state index in [1.807, 2.05) is 4.90 Å². The molecule has 0 saturated carbocycles. The van der Waals surface area contributed by atoms with Gasteiger partial charge in [0.2, 0.25) is 0 Å². The van der Waals surface area contributed by atoms with E-state index in [1.54, 1.807) is 12.1 Å². The van der Waals surface area contributed by atoms with Crippen molar-refractivity contribution < 1.29 is 23.8 Å². The molecular weight excluding hydrogens is 310 g/mol. The molecule has 132 valence electrons. The van der Waals surface area contributed by atoms with Crippen LogP contribution < -0.4 is 9.47 Å². The topological polar surface area (TPSA) is 65.1 Å². The van der Waals surface area contributed by atoms with Crippen LogP contribution in [0.2, 0.25) is 0 Å². The molecule has 0 aliphatic carbocycles. The molecule has 0 unspecified atom stereocenters. The van der Waals surface area contributed by atoms with Gasteiger partial charge in [-0.05, 0) is 51.3 Å². The van der Waals surface area contributed by atoms with E-state index in [0.29, 0.717) is 17.1 Å². The van der Waals surface area contributed by atoms with Crippen molar-refractivity contribution in [3.63, 3.8) is 0 Å².